The quantitative estimate of drug-likeness (QED) is 0.602. The molecule has 0 radical (unpaired) electrons. The zero-order valence-electron chi connectivity index (χ0n) is 4.54. The van der Waals surface area contributed by atoms with Crippen LogP contribution in [0, 0.1) is 6.92 Å². The van der Waals surface area contributed by atoms with Gasteiger partial charge in [0, 0.05) is 0 Å². The van der Waals surface area contributed by atoms with Crippen LogP contribution in [0.3, 0.4) is 0 Å². The van der Waals surface area contributed by atoms with E-state index in [1.54, 1.807) is 6.92 Å². The molecule has 1 heterocycles. The molecule has 0 aromatic carbocycles. The molecule has 0 aliphatic heterocycles. The van der Waals surface area contributed by atoms with Gasteiger partial charge in [0.2, 0.25) is 5.22 Å². The van der Waals surface area contributed by atoms with Crippen molar-refractivity contribution in [3.05, 3.63) is 21.0 Å². The molecule has 0 unspecified atom stereocenters. The molecule has 1 nitrogen and oxygen atoms in total. The van der Waals surface area contributed by atoms with Gasteiger partial charge in [0.05, 0.1) is 0 Å². The molecule has 1 aromatic rings. The van der Waals surface area contributed by atoms with E-state index in [4.69, 9.17) is 39.2 Å². The lowest BCUT2D eigenvalue weighted by molar-refractivity contribution is 0.536. The summed E-state index contributed by atoms with van der Waals surface area (Å²) in [7, 11) is 0. The molecular weight excluding hydrogens is 182 g/mol. The van der Waals surface area contributed by atoms with Crippen LogP contribution >= 0.6 is 34.8 Å². The standard InChI is InChI=1S/C5H3Cl3O/c1-2-3(6)4(7)5(8)9-2/h1H3. The number of halogens is 3. The minimum absolute atomic E-state index is 0.152. The third-order valence-corrected chi connectivity index (χ3v) is 2.19. The fourth-order valence-electron chi connectivity index (χ4n) is 0.465. The third kappa shape index (κ3) is 1.18. The van der Waals surface area contributed by atoms with Gasteiger partial charge in [-0.25, -0.2) is 0 Å². The first-order valence-electron chi connectivity index (χ1n) is 2.23. The van der Waals surface area contributed by atoms with E-state index in [2.05, 4.69) is 0 Å². The van der Waals surface area contributed by atoms with Gasteiger partial charge in [-0.05, 0) is 18.5 Å². The van der Waals surface area contributed by atoms with E-state index < -0.39 is 0 Å². The lowest BCUT2D eigenvalue weighted by atomic mass is 10.5. The zero-order valence-corrected chi connectivity index (χ0v) is 6.81. The smallest absolute Gasteiger partial charge is 0.213 e. The maximum atomic E-state index is 5.59. The van der Waals surface area contributed by atoms with Gasteiger partial charge in [-0.1, -0.05) is 23.2 Å². The van der Waals surface area contributed by atoms with Crippen LogP contribution in [0.15, 0.2) is 4.42 Å². The molecule has 9 heavy (non-hydrogen) atoms. The highest BCUT2D eigenvalue weighted by Crippen LogP contribution is 2.34. The van der Waals surface area contributed by atoms with Crippen LogP contribution in [-0.2, 0) is 0 Å². The van der Waals surface area contributed by atoms with Crippen LogP contribution in [0.25, 0.3) is 0 Å². The summed E-state index contributed by atoms with van der Waals surface area (Å²) in [6, 6.07) is 0. The van der Waals surface area contributed by atoms with Gasteiger partial charge in [0.25, 0.3) is 0 Å². The van der Waals surface area contributed by atoms with Gasteiger partial charge in [-0.15, -0.1) is 0 Å². The van der Waals surface area contributed by atoms with Crippen LogP contribution in [0.4, 0.5) is 0 Å². The molecule has 0 aliphatic rings. The van der Waals surface area contributed by atoms with Crippen molar-refractivity contribution in [3.8, 4) is 0 Å². The first-order valence-corrected chi connectivity index (χ1v) is 3.36. The summed E-state index contributed by atoms with van der Waals surface area (Å²) in [5, 5.41) is 0.830. The van der Waals surface area contributed by atoms with Gasteiger partial charge >= 0.3 is 0 Å². The first-order chi connectivity index (χ1) is 4.13. The normalized spacial score (nSPS) is 10.2. The fraction of sp³-hybridized carbons (Fsp3) is 0.200. The molecule has 0 atom stereocenters. The predicted molar refractivity (Wildman–Crippen MR) is 38.5 cm³/mol. The summed E-state index contributed by atoms with van der Waals surface area (Å²) in [6.07, 6.45) is 0. The van der Waals surface area contributed by atoms with Crippen LogP contribution in [-0.4, -0.2) is 0 Å². The van der Waals surface area contributed by atoms with E-state index in [-0.39, 0.29) is 10.2 Å². The van der Waals surface area contributed by atoms with Crippen LogP contribution in [0.1, 0.15) is 5.76 Å². The molecule has 50 valence electrons. The average molecular weight is 185 g/mol. The van der Waals surface area contributed by atoms with Crippen LogP contribution < -0.4 is 0 Å². The molecule has 4 heteroatoms. The highest BCUT2D eigenvalue weighted by molar-refractivity contribution is 6.47. The minimum Gasteiger partial charge on any atom is -0.447 e. The molecule has 1 rings (SSSR count). The molecule has 1 aromatic heterocycles. The Morgan fingerprint density at radius 3 is 1.78 bits per heavy atom. The third-order valence-electron chi connectivity index (χ3n) is 0.917. The lowest BCUT2D eigenvalue weighted by Crippen LogP contribution is -1.58. The summed E-state index contributed by atoms with van der Waals surface area (Å²) in [5.41, 5.74) is 0. The molecule has 0 aliphatic carbocycles. The number of furan rings is 1. The summed E-state index contributed by atoms with van der Waals surface area (Å²) in [6.45, 7) is 1.69. The van der Waals surface area contributed by atoms with E-state index in [0.717, 1.165) is 0 Å². The van der Waals surface area contributed by atoms with Crippen molar-refractivity contribution >= 4 is 34.8 Å². The molecule has 0 fully saturated rings. The Balaban J connectivity index is 3.29. The van der Waals surface area contributed by atoms with Crippen LogP contribution in [0.5, 0.6) is 0 Å². The SMILES string of the molecule is Cc1oc(Cl)c(Cl)c1Cl. The number of aryl methyl sites for hydroxylation is 1. The molecule has 0 amide bonds. The van der Waals surface area contributed by atoms with E-state index in [1.807, 2.05) is 0 Å². The van der Waals surface area contributed by atoms with Gasteiger partial charge < -0.3 is 4.42 Å². The van der Waals surface area contributed by atoms with Crippen molar-refractivity contribution < 1.29 is 4.42 Å². The highest BCUT2D eigenvalue weighted by atomic mass is 35.5. The van der Waals surface area contributed by atoms with E-state index in [1.165, 1.54) is 0 Å². The largest absolute Gasteiger partial charge is 0.447 e. The Morgan fingerprint density at radius 2 is 1.67 bits per heavy atom. The van der Waals surface area contributed by atoms with E-state index in [9.17, 15) is 0 Å². The summed E-state index contributed by atoms with van der Waals surface area (Å²) >= 11 is 16.6. The van der Waals surface area contributed by atoms with Crippen molar-refractivity contribution in [2.24, 2.45) is 0 Å². The Morgan fingerprint density at radius 1 is 1.11 bits per heavy atom. The van der Waals surface area contributed by atoms with Crippen molar-refractivity contribution in [1.82, 2.24) is 0 Å². The average Bonchev–Trinajstić information content (AvgIpc) is 1.98. The maximum Gasteiger partial charge on any atom is 0.213 e. The molecule has 0 spiro atoms. The number of hydrogen-bond donors (Lipinski definition) is 0. The molecule has 0 N–H and O–H groups in total. The van der Waals surface area contributed by atoms with E-state index in [0.29, 0.717) is 10.8 Å². The topological polar surface area (TPSA) is 13.1 Å². The Bertz CT molecular complexity index is 206. The zero-order chi connectivity index (χ0) is 7.02. The van der Waals surface area contributed by atoms with Gasteiger partial charge in [-0.3, -0.25) is 0 Å². The van der Waals surface area contributed by atoms with Crippen molar-refractivity contribution in [3.63, 3.8) is 0 Å². The van der Waals surface area contributed by atoms with Gasteiger partial charge in [0.15, 0.2) is 0 Å². The second-order valence-electron chi connectivity index (χ2n) is 1.56. The Kier molecular flexibility index (Phi) is 1.94. The fourth-order valence-corrected chi connectivity index (χ4v) is 1.02. The van der Waals surface area contributed by atoms with Crippen molar-refractivity contribution in [2.45, 2.75) is 6.92 Å². The predicted octanol–water partition coefficient (Wildman–Crippen LogP) is 3.55. The van der Waals surface area contributed by atoms with Gasteiger partial charge in [0.1, 0.15) is 15.8 Å². The van der Waals surface area contributed by atoms with Gasteiger partial charge in [-0.2, -0.15) is 0 Å². The second kappa shape index (κ2) is 2.41. The minimum atomic E-state index is 0.152. The van der Waals surface area contributed by atoms with Crippen molar-refractivity contribution in [2.75, 3.05) is 0 Å². The van der Waals surface area contributed by atoms with Crippen molar-refractivity contribution in [1.29, 1.82) is 0 Å². The van der Waals surface area contributed by atoms with E-state index >= 15 is 0 Å². The number of rotatable bonds is 0. The molecular formula is C5H3Cl3O. The summed E-state index contributed by atoms with van der Waals surface area (Å²) in [4.78, 5) is 0. The Hall–Kier alpha value is 0.150. The maximum absolute atomic E-state index is 5.59. The molecule has 0 saturated heterocycles. The molecule has 0 saturated carbocycles. The monoisotopic (exact) mass is 184 g/mol. The molecule has 0 bridgehead atoms. The second-order valence-corrected chi connectivity index (χ2v) is 2.66. The summed E-state index contributed by atoms with van der Waals surface area (Å²) < 4.78 is 4.85. The van der Waals surface area contributed by atoms with Crippen LogP contribution in [0.2, 0.25) is 15.3 Å². The highest BCUT2D eigenvalue weighted by Gasteiger charge is 2.10. The summed E-state index contributed by atoms with van der Waals surface area (Å²) in [5.74, 6) is 0.548. The lowest BCUT2D eigenvalue weighted by Gasteiger charge is -1.78. The Labute approximate surface area is 67.5 Å². The number of hydrogen-bond acceptors (Lipinski definition) is 1. The first kappa shape index (κ1) is 7.26.